The fourth-order valence-electron chi connectivity index (χ4n) is 4.81. The Bertz CT molecular complexity index is 1460. The van der Waals surface area contributed by atoms with Crippen molar-refractivity contribution in [1.29, 1.82) is 0 Å². The highest BCUT2D eigenvalue weighted by atomic mass is 19.1. The summed E-state index contributed by atoms with van der Waals surface area (Å²) in [4.78, 5) is 29.7. The van der Waals surface area contributed by atoms with Crippen LogP contribution in [0.4, 0.5) is 39.0 Å². The van der Waals surface area contributed by atoms with E-state index in [4.69, 9.17) is 4.74 Å². The number of ether oxygens (including phenoxy) is 1. The van der Waals surface area contributed by atoms with Gasteiger partial charge < -0.3 is 35.6 Å². The van der Waals surface area contributed by atoms with Crippen molar-refractivity contribution in [3.05, 3.63) is 60.2 Å². The molecule has 0 saturated carbocycles. The molecule has 0 spiro atoms. The number of aliphatic hydroxyl groups is 1. The number of aryl methyl sites for hydroxylation is 1. The lowest BCUT2D eigenvalue weighted by molar-refractivity contribution is -0.111. The largest absolute Gasteiger partial charge is 0.494 e. The molecule has 2 heterocycles. The number of nitrogens with one attached hydrogen (secondary N) is 3. The fourth-order valence-corrected chi connectivity index (χ4v) is 4.81. The molecule has 12 heteroatoms. The SMILES string of the molecule is C=CC(=O)Nc1cc(Nc2ncnc(Nc3cc(C)c(F)cc3C(C)(O)CC)n2)c(OC)cc1N1CC[C@@H]1CN(C)C. The van der Waals surface area contributed by atoms with E-state index in [9.17, 15) is 14.3 Å². The number of anilines is 6. The zero-order valence-electron chi connectivity index (χ0n) is 25.0. The zero-order valence-corrected chi connectivity index (χ0v) is 25.0. The minimum atomic E-state index is -1.27. The second-order valence-corrected chi connectivity index (χ2v) is 10.8. The van der Waals surface area contributed by atoms with Crippen LogP contribution >= 0.6 is 0 Å². The number of methoxy groups -OCH3 is 1. The van der Waals surface area contributed by atoms with Crippen molar-refractivity contribution >= 4 is 40.6 Å². The van der Waals surface area contributed by atoms with Crippen molar-refractivity contribution in [3.63, 3.8) is 0 Å². The summed E-state index contributed by atoms with van der Waals surface area (Å²) >= 11 is 0. The van der Waals surface area contributed by atoms with Crippen molar-refractivity contribution < 1.29 is 19.0 Å². The van der Waals surface area contributed by atoms with Crippen LogP contribution in [0.1, 0.15) is 37.8 Å². The van der Waals surface area contributed by atoms with Crippen LogP contribution in [0.3, 0.4) is 0 Å². The van der Waals surface area contributed by atoms with Crippen molar-refractivity contribution in [2.45, 2.75) is 45.3 Å². The first-order valence-corrected chi connectivity index (χ1v) is 13.8. The maximum Gasteiger partial charge on any atom is 0.247 e. The van der Waals surface area contributed by atoms with Crippen LogP contribution in [0.15, 0.2) is 43.2 Å². The highest BCUT2D eigenvalue weighted by molar-refractivity contribution is 6.02. The molecule has 1 aliphatic rings. The lowest BCUT2D eigenvalue weighted by Crippen LogP contribution is -2.53. The molecular formula is C30H39FN8O3. The van der Waals surface area contributed by atoms with Gasteiger partial charge >= 0.3 is 0 Å². The number of rotatable bonds is 12. The molecule has 224 valence electrons. The van der Waals surface area contributed by atoms with E-state index >= 15 is 0 Å². The van der Waals surface area contributed by atoms with Crippen molar-refractivity contribution in [2.75, 3.05) is 55.1 Å². The van der Waals surface area contributed by atoms with Gasteiger partial charge in [0.25, 0.3) is 0 Å². The smallest absolute Gasteiger partial charge is 0.247 e. The quantitative estimate of drug-likeness (QED) is 0.225. The molecule has 42 heavy (non-hydrogen) atoms. The van der Waals surface area contributed by atoms with E-state index in [1.165, 1.54) is 18.5 Å². The Labute approximate surface area is 245 Å². The van der Waals surface area contributed by atoms with Gasteiger partial charge in [0.05, 0.1) is 29.8 Å². The highest BCUT2D eigenvalue weighted by Gasteiger charge is 2.31. The minimum absolute atomic E-state index is 0.189. The number of hydrogen-bond acceptors (Lipinski definition) is 10. The van der Waals surface area contributed by atoms with E-state index in [-0.39, 0.29) is 17.8 Å². The Balaban J connectivity index is 1.67. The molecule has 1 aliphatic heterocycles. The summed E-state index contributed by atoms with van der Waals surface area (Å²) in [7, 11) is 5.64. The number of benzene rings is 2. The van der Waals surface area contributed by atoms with Crippen LogP contribution in [0, 0.1) is 12.7 Å². The maximum absolute atomic E-state index is 14.4. The van der Waals surface area contributed by atoms with Gasteiger partial charge in [-0.25, -0.2) is 14.4 Å². The molecule has 4 N–H and O–H groups in total. The lowest BCUT2D eigenvalue weighted by atomic mass is 9.90. The average Bonchev–Trinajstić information content (AvgIpc) is 2.94. The summed E-state index contributed by atoms with van der Waals surface area (Å²) in [5, 5.41) is 20.1. The third kappa shape index (κ3) is 6.77. The third-order valence-corrected chi connectivity index (χ3v) is 7.42. The molecule has 0 aliphatic carbocycles. The number of carbonyl (C=O) groups excluding carboxylic acids is 1. The second-order valence-electron chi connectivity index (χ2n) is 10.8. The normalized spacial score (nSPS) is 15.9. The Morgan fingerprint density at radius 2 is 1.90 bits per heavy atom. The summed E-state index contributed by atoms with van der Waals surface area (Å²) in [6.45, 7) is 10.4. The summed E-state index contributed by atoms with van der Waals surface area (Å²) in [6, 6.07) is 6.89. The Kier molecular flexibility index (Phi) is 9.27. The summed E-state index contributed by atoms with van der Waals surface area (Å²) in [5.74, 6) is 0.175. The number of carbonyl (C=O) groups is 1. The lowest BCUT2D eigenvalue weighted by Gasteiger charge is -2.45. The van der Waals surface area contributed by atoms with E-state index in [0.717, 1.165) is 25.2 Å². The summed E-state index contributed by atoms with van der Waals surface area (Å²) in [6.07, 6.45) is 3.97. The van der Waals surface area contributed by atoms with E-state index in [2.05, 4.69) is 47.3 Å². The van der Waals surface area contributed by atoms with Gasteiger partial charge in [0.2, 0.25) is 17.8 Å². The number of nitrogens with zero attached hydrogens (tertiary/aromatic N) is 5. The third-order valence-electron chi connectivity index (χ3n) is 7.42. The maximum atomic E-state index is 14.4. The van der Waals surface area contributed by atoms with Gasteiger partial charge in [-0.15, -0.1) is 0 Å². The van der Waals surface area contributed by atoms with Crippen LogP contribution < -0.4 is 25.6 Å². The van der Waals surface area contributed by atoms with Gasteiger partial charge in [-0.3, -0.25) is 4.79 Å². The molecule has 11 nitrogen and oxygen atoms in total. The first-order chi connectivity index (χ1) is 19.9. The molecule has 1 amide bonds. The standard InChI is InChI=1S/C30H39FN8O3/c1-8-27(40)34-23-14-24(26(42-7)15-25(23)39-11-10-19(39)16-38(5)6)36-29-33-17-32-28(37-29)35-22-12-18(3)21(31)13-20(22)30(4,41)9-2/h8,12-15,17,19,41H,1,9-11,16H2,2-7H3,(H,34,40)(H2,32,33,35,36,37)/t19-,30?/m1/s1. The minimum Gasteiger partial charge on any atom is -0.494 e. The predicted molar refractivity (Wildman–Crippen MR) is 164 cm³/mol. The molecule has 1 saturated heterocycles. The highest BCUT2D eigenvalue weighted by Crippen LogP contribution is 2.41. The first-order valence-electron chi connectivity index (χ1n) is 13.8. The fraction of sp³-hybridized carbons (Fsp3) is 0.400. The monoisotopic (exact) mass is 578 g/mol. The van der Waals surface area contributed by atoms with Crippen LogP contribution in [-0.4, -0.2) is 71.2 Å². The molecule has 0 bridgehead atoms. The number of hydrogen-bond donors (Lipinski definition) is 4. The van der Waals surface area contributed by atoms with Gasteiger partial charge in [0.1, 0.15) is 17.9 Å². The van der Waals surface area contributed by atoms with E-state index in [1.807, 2.05) is 27.1 Å². The van der Waals surface area contributed by atoms with E-state index < -0.39 is 11.4 Å². The molecule has 3 aromatic rings. The second kappa shape index (κ2) is 12.7. The van der Waals surface area contributed by atoms with E-state index in [0.29, 0.717) is 46.4 Å². The molecule has 0 radical (unpaired) electrons. The van der Waals surface area contributed by atoms with Gasteiger partial charge in [-0.1, -0.05) is 13.5 Å². The molecule has 1 unspecified atom stereocenters. The first kappa shape index (κ1) is 30.7. The summed E-state index contributed by atoms with van der Waals surface area (Å²) < 4.78 is 20.1. The topological polar surface area (TPSA) is 128 Å². The van der Waals surface area contributed by atoms with Gasteiger partial charge in [0, 0.05) is 36.4 Å². The van der Waals surface area contributed by atoms with Crippen LogP contribution in [0.25, 0.3) is 0 Å². The van der Waals surface area contributed by atoms with Crippen LogP contribution in [0.5, 0.6) is 5.75 Å². The van der Waals surface area contributed by atoms with Crippen LogP contribution in [0.2, 0.25) is 0 Å². The number of aromatic nitrogens is 3. The Hall–Kier alpha value is -4.29. The molecular weight excluding hydrogens is 539 g/mol. The van der Waals surface area contributed by atoms with Gasteiger partial charge in [0.15, 0.2) is 0 Å². The van der Waals surface area contributed by atoms with Crippen LogP contribution in [-0.2, 0) is 10.4 Å². The predicted octanol–water partition coefficient (Wildman–Crippen LogP) is 4.70. The number of halogens is 1. The van der Waals surface area contributed by atoms with Crippen molar-refractivity contribution in [3.8, 4) is 5.75 Å². The molecule has 1 fully saturated rings. The van der Waals surface area contributed by atoms with Gasteiger partial charge in [-0.2, -0.15) is 4.98 Å². The van der Waals surface area contributed by atoms with Gasteiger partial charge in [-0.05, 0) is 70.6 Å². The van der Waals surface area contributed by atoms with Crippen molar-refractivity contribution in [2.24, 2.45) is 0 Å². The van der Waals surface area contributed by atoms with Crippen molar-refractivity contribution in [1.82, 2.24) is 19.9 Å². The Morgan fingerprint density at radius 3 is 2.48 bits per heavy atom. The Morgan fingerprint density at radius 1 is 1.21 bits per heavy atom. The average molecular weight is 579 g/mol. The molecule has 2 aromatic carbocycles. The zero-order chi connectivity index (χ0) is 30.6. The van der Waals surface area contributed by atoms with E-state index in [1.54, 1.807) is 33.1 Å². The number of likely N-dealkylation sites (N-methyl/N-ethyl adjacent to an activating group) is 1. The summed E-state index contributed by atoms with van der Waals surface area (Å²) in [5.41, 5.74) is 1.97. The molecule has 4 rings (SSSR count). The molecule has 1 aromatic heterocycles. The number of amides is 1. The molecule has 2 atom stereocenters.